The van der Waals surface area contributed by atoms with Gasteiger partial charge in [0.25, 0.3) is 0 Å². The van der Waals surface area contributed by atoms with Crippen molar-refractivity contribution in [2.75, 3.05) is 0 Å². The summed E-state index contributed by atoms with van der Waals surface area (Å²) in [6.45, 7) is 0. The molecule has 0 aromatic heterocycles. The van der Waals surface area contributed by atoms with E-state index in [1.165, 1.54) is 12.0 Å². The van der Waals surface area contributed by atoms with E-state index >= 15 is 0 Å². The highest BCUT2D eigenvalue weighted by Crippen LogP contribution is 2.31. The summed E-state index contributed by atoms with van der Waals surface area (Å²) in [5.74, 6) is 1.31. The van der Waals surface area contributed by atoms with Gasteiger partial charge >= 0.3 is 0 Å². The van der Waals surface area contributed by atoms with E-state index in [0.29, 0.717) is 10.0 Å². The largest absolute Gasteiger partial charge is 0.507 e. The van der Waals surface area contributed by atoms with Crippen LogP contribution in [0.4, 0.5) is 0 Å². The first kappa shape index (κ1) is 8.84. The maximum absolute atomic E-state index is 9.95. The number of hydrogen-bond donors (Lipinski definition) is 2. The van der Waals surface area contributed by atoms with Crippen LogP contribution in [0.25, 0.3) is 6.08 Å². The molecule has 0 aliphatic rings. The molecule has 0 saturated heterocycles. The summed E-state index contributed by atoms with van der Waals surface area (Å²) >= 11 is 3.04. The molecule has 3 nitrogen and oxygen atoms in total. The molecule has 1 aromatic rings. The van der Waals surface area contributed by atoms with Gasteiger partial charge in [-0.1, -0.05) is 0 Å². The molecule has 1 rings (SSSR count). The van der Waals surface area contributed by atoms with Gasteiger partial charge in [0, 0.05) is 17.7 Å². The average Bonchev–Trinajstić information content (AvgIpc) is 2.01. The predicted molar refractivity (Wildman–Crippen MR) is 47.6 cm³/mol. The number of carbonyl (C=O) groups excluding carboxylic acids is 1. The lowest BCUT2D eigenvalue weighted by Crippen LogP contribution is -1.76. The van der Waals surface area contributed by atoms with Gasteiger partial charge in [-0.25, -0.2) is 4.79 Å². The van der Waals surface area contributed by atoms with Crippen LogP contribution in [-0.2, 0) is 4.79 Å². The third-order valence-electron chi connectivity index (χ3n) is 1.31. The Hall–Kier alpha value is -1.25. The van der Waals surface area contributed by atoms with Crippen LogP contribution in [0.1, 0.15) is 5.56 Å². The van der Waals surface area contributed by atoms with E-state index in [1.54, 1.807) is 0 Å². The molecule has 4 heteroatoms. The Morgan fingerprint density at radius 3 is 2.58 bits per heavy atom. The summed E-state index contributed by atoms with van der Waals surface area (Å²) in [7, 11) is 0. The summed E-state index contributed by atoms with van der Waals surface area (Å²) in [5, 5.41) is 18.2. The highest BCUT2D eigenvalue weighted by atomic mass is 79.9. The summed E-state index contributed by atoms with van der Waals surface area (Å²) in [4.78, 5) is 9.95. The SMILES string of the molecule is O=C=Cc1cc(Br)c(O)cc1O. The Morgan fingerprint density at radius 1 is 1.33 bits per heavy atom. The molecule has 0 unspecified atom stereocenters. The fourth-order valence-corrected chi connectivity index (χ4v) is 1.11. The minimum absolute atomic E-state index is 0.0736. The van der Waals surface area contributed by atoms with Crippen LogP contribution in [0, 0.1) is 0 Å². The zero-order valence-corrected chi connectivity index (χ0v) is 7.50. The molecule has 12 heavy (non-hydrogen) atoms. The van der Waals surface area contributed by atoms with Crippen molar-refractivity contribution in [3.63, 3.8) is 0 Å². The minimum atomic E-state index is -0.154. The van der Waals surface area contributed by atoms with E-state index in [0.717, 1.165) is 12.1 Å². The number of phenolic OH excluding ortho intramolecular Hbond substituents is 2. The molecule has 0 amide bonds. The first-order valence-corrected chi connectivity index (χ1v) is 3.87. The zero-order valence-electron chi connectivity index (χ0n) is 5.91. The van der Waals surface area contributed by atoms with E-state index in [9.17, 15) is 4.79 Å². The second-order valence-corrected chi connectivity index (χ2v) is 2.98. The van der Waals surface area contributed by atoms with Crippen LogP contribution in [0.3, 0.4) is 0 Å². The Kier molecular flexibility index (Phi) is 2.53. The van der Waals surface area contributed by atoms with Gasteiger partial charge < -0.3 is 10.2 Å². The summed E-state index contributed by atoms with van der Waals surface area (Å²) in [6.07, 6.45) is 1.08. The maximum Gasteiger partial charge on any atom is 0.133 e. The minimum Gasteiger partial charge on any atom is -0.507 e. The Balaban J connectivity index is 3.32. The Labute approximate surface area is 77.1 Å². The molecule has 1 aromatic carbocycles. The summed E-state index contributed by atoms with van der Waals surface area (Å²) < 4.78 is 0.418. The highest BCUT2D eigenvalue weighted by Gasteiger charge is 2.03. The molecule has 2 N–H and O–H groups in total. The van der Waals surface area contributed by atoms with E-state index in [-0.39, 0.29) is 11.5 Å². The van der Waals surface area contributed by atoms with Gasteiger partial charge in [-0.2, -0.15) is 0 Å². The van der Waals surface area contributed by atoms with Gasteiger partial charge in [0.2, 0.25) is 0 Å². The quantitative estimate of drug-likeness (QED) is 0.720. The molecule has 0 spiro atoms. The van der Waals surface area contributed by atoms with Crippen molar-refractivity contribution in [3.8, 4) is 11.5 Å². The average molecular weight is 229 g/mol. The molecule has 0 heterocycles. The van der Waals surface area contributed by atoms with Gasteiger partial charge in [-0.3, -0.25) is 0 Å². The van der Waals surface area contributed by atoms with Crippen molar-refractivity contribution >= 4 is 27.9 Å². The van der Waals surface area contributed by atoms with Crippen molar-refractivity contribution in [1.82, 2.24) is 0 Å². The number of phenols is 2. The van der Waals surface area contributed by atoms with Crippen molar-refractivity contribution in [2.24, 2.45) is 0 Å². The molecule has 0 bridgehead atoms. The molecule has 62 valence electrons. The predicted octanol–water partition coefficient (Wildman–Crippen LogP) is 1.71. The van der Waals surface area contributed by atoms with Crippen molar-refractivity contribution in [1.29, 1.82) is 0 Å². The zero-order chi connectivity index (χ0) is 9.14. The van der Waals surface area contributed by atoms with E-state index < -0.39 is 0 Å². The molecule has 0 aliphatic carbocycles. The van der Waals surface area contributed by atoms with Gasteiger partial charge in [-0.05, 0) is 22.0 Å². The van der Waals surface area contributed by atoms with Gasteiger partial charge in [0.05, 0.1) is 4.47 Å². The monoisotopic (exact) mass is 228 g/mol. The fraction of sp³-hybridized carbons (Fsp3) is 0. The third kappa shape index (κ3) is 1.67. The highest BCUT2D eigenvalue weighted by molar-refractivity contribution is 9.10. The Morgan fingerprint density at radius 2 is 2.00 bits per heavy atom. The lowest BCUT2D eigenvalue weighted by molar-refractivity contribution is 0.447. The summed E-state index contributed by atoms with van der Waals surface area (Å²) in [6, 6.07) is 2.57. The van der Waals surface area contributed by atoms with Crippen LogP contribution >= 0.6 is 15.9 Å². The van der Waals surface area contributed by atoms with Gasteiger partial charge in [0.1, 0.15) is 17.4 Å². The molecule has 0 saturated carbocycles. The molecule has 0 fully saturated rings. The lowest BCUT2D eigenvalue weighted by Gasteiger charge is -2.00. The first-order valence-electron chi connectivity index (χ1n) is 3.07. The number of halogens is 1. The normalized spacial score (nSPS) is 9.08. The second kappa shape index (κ2) is 3.43. The topological polar surface area (TPSA) is 57.5 Å². The van der Waals surface area contributed by atoms with Crippen LogP contribution < -0.4 is 0 Å². The van der Waals surface area contributed by atoms with E-state index in [2.05, 4.69) is 15.9 Å². The smallest absolute Gasteiger partial charge is 0.133 e. The number of hydrogen-bond acceptors (Lipinski definition) is 3. The van der Waals surface area contributed by atoms with Crippen molar-refractivity contribution in [3.05, 3.63) is 22.2 Å². The third-order valence-corrected chi connectivity index (χ3v) is 1.95. The van der Waals surface area contributed by atoms with Gasteiger partial charge in [0.15, 0.2) is 0 Å². The van der Waals surface area contributed by atoms with Crippen molar-refractivity contribution < 1.29 is 15.0 Å². The molecule has 0 aliphatic heterocycles. The molecule has 0 atom stereocenters. The number of rotatable bonds is 1. The molecular formula is C8H5BrO3. The van der Waals surface area contributed by atoms with Crippen LogP contribution in [0.15, 0.2) is 16.6 Å². The first-order chi connectivity index (χ1) is 5.65. The van der Waals surface area contributed by atoms with E-state index in [4.69, 9.17) is 10.2 Å². The van der Waals surface area contributed by atoms with Crippen LogP contribution in [0.2, 0.25) is 0 Å². The number of aromatic hydroxyl groups is 2. The van der Waals surface area contributed by atoms with E-state index in [1.807, 2.05) is 0 Å². The van der Waals surface area contributed by atoms with Crippen LogP contribution in [0.5, 0.6) is 11.5 Å². The standard InChI is InChI=1S/C8H5BrO3/c9-6-3-5(1-2-10)7(11)4-8(6)12/h1,3-4,11-12H. The molecule has 0 radical (unpaired) electrons. The molecular weight excluding hydrogens is 224 g/mol. The lowest BCUT2D eigenvalue weighted by atomic mass is 10.2. The maximum atomic E-state index is 9.95. The Bertz CT molecular complexity index is 354. The van der Waals surface area contributed by atoms with Crippen LogP contribution in [-0.4, -0.2) is 16.2 Å². The summed E-state index contributed by atoms with van der Waals surface area (Å²) in [5.41, 5.74) is 0.315. The van der Waals surface area contributed by atoms with Crippen molar-refractivity contribution in [2.45, 2.75) is 0 Å². The number of benzene rings is 1. The second-order valence-electron chi connectivity index (χ2n) is 2.12. The fourth-order valence-electron chi connectivity index (χ4n) is 0.745. The van der Waals surface area contributed by atoms with Gasteiger partial charge in [-0.15, -0.1) is 0 Å².